The fourth-order valence-corrected chi connectivity index (χ4v) is 5.57. The fraction of sp³-hybridized carbons (Fsp3) is 1.00. The molecule has 19 heavy (non-hydrogen) atoms. The molecule has 0 heterocycles. The van der Waals surface area contributed by atoms with Crippen LogP contribution < -0.4 is 5.32 Å². The number of nitrogens with one attached hydrogen (secondary N) is 1. The Hall–Kier alpha value is -0.0400. The highest BCUT2D eigenvalue weighted by atomic mass is 15.0. The minimum atomic E-state index is 0.554. The van der Waals surface area contributed by atoms with Gasteiger partial charge in [0, 0.05) is 6.04 Å². The van der Waals surface area contributed by atoms with Gasteiger partial charge in [0.2, 0.25) is 0 Å². The number of hydrogen-bond donors (Lipinski definition) is 1. The first-order valence-corrected chi connectivity index (χ1v) is 8.67. The maximum Gasteiger partial charge on any atom is 0.0129 e. The van der Waals surface area contributed by atoms with Crippen molar-refractivity contribution in [3.8, 4) is 0 Å². The zero-order valence-electron chi connectivity index (χ0n) is 13.5. The Labute approximate surface area is 119 Å². The summed E-state index contributed by atoms with van der Waals surface area (Å²) in [4.78, 5) is 0. The van der Waals surface area contributed by atoms with Gasteiger partial charge in [-0.3, -0.25) is 0 Å². The molecule has 110 valence electrons. The fourth-order valence-electron chi connectivity index (χ4n) is 5.57. The Morgan fingerprint density at radius 1 is 1.05 bits per heavy atom. The second-order valence-corrected chi connectivity index (χ2v) is 8.71. The van der Waals surface area contributed by atoms with E-state index in [-0.39, 0.29) is 0 Å². The summed E-state index contributed by atoms with van der Waals surface area (Å²) in [6, 6.07) is 0.790. The molecule has 3 rings (SSSR count). The maximum atomic E-state index is 4.00. The molecule has 2 bridgehead atoms. The van der Waals surface area contributed by atoms with Crippen molar-refractivity contribution in [1.82, 2.24) is 5.32 Å². The van der Waals surface area contributed by atoms with E-state index in [4.69, 9.17) is 0 Å². The highest BCUT2D eigenvalue weighted by Gasteiger charge is 2.60. The van der Waals surface area contributed by atoms with Crippen LogP contribution in [0.3, 0.4) is 0 Å². The van der Waals surface area contributed by atoms with Crippen molar-refractivity contribution in [3.05, 3.63) is 0 Å². The molecule has 0 aliphatic heterocycles. The van der Waals surface area contributed by atoms with Crippen LogP contribution in [0.2, 0.25) is 0 Å². The summed E-state index contributed by atoms with van der Waals surface area (Å²) in [6.07, 6.45) is 10.2. The summed E-state index contributed by atoms with van der Waals surface area (Å²) < 4.78 is 0. The van der Waals surface area contributed by atoms with Crippen molar-refractivity contribution in [2.75, 3.05) is 6.54 Å². The van der Waals surface area contributed by atoms with E-state index in [1.807, 2.05) is 0 Å². The van der Waals surface area contributed by atoms with Gasteiger partial charge in [0.1, 0.15) is 0 Å². The lowest BCUT2D eigenvalue weighted by molar-refractivity contribution is 0.116. The quantitative estimate of drug-likeness (QED) is 0.783. The molecule has 3 saturated carbocycles. The molecule has 0 amide bonds. The number of fused-ring (bicyclic) bond motifs is 2. The van der Waals surface area contributed by atoms with E-state index < -0.39 is 0 Å². The Balaban J connectivity index is 1.57. The first-order valence-electron chi connectivity index (χ1n) is 8.67. The van der Waals surface area contributed by atoms with Gasteiger partial charge in [-0.2, -0.15) is 0 Å². The van der Waals surface area contributed by atoms with Crippen LogP contribution in [0.25, 0.3) is 0 Å². The van der Waals surface area contributed by atoms with Crippen molar-refractivity contribution in [3.63, 3.8) is 0 Å². The van der Waals surface area contributed by atoms with Crippen molar-refractivity contribution >= 4 is 0 Å². The standard InChI is InChI=1S/C18H33N/c1-13-6-5-7-14(10-13)12-19-16-11-15-8-9-18(16,4)17(15,2)3/h13-16,19H,5-12H2,1-4H3. The van der Waals surface area contributed by atoms with Crippen LogP contribution in [-0.4, -0.2) is 12.6 Å². The lowest BCUT2D eigenvalue weighted by atomic mass is 9.69. The first-order chi connectivity index (χ1) is 8.93. The van der Waals surface area contributed by atoms with E-state index in [0.717, 1.165) is 23.8 Å². The molecule has 1 N–H and O–H groups in total. The minimum Gasteiger partial charge on any atom is -0.313 e. The monoisotopic (exact) mass is 263 g/mol. The lowest BCUT2D eigenvalue weighted by Crippen LogP contribution is -2.46. The molecule has 0 radical (unpaired) electrons. The summed E-state index contributed by atoms with van der Waals surface area (Å²) in [5.74, 6) is 2.89. The van der Waals surface area contributed by atoms with Gasteiger partial charge >= 0.3 is 0 Å². The third kappa shape index (κ3) is 2.17. The molecule has 1 nitrogen and oxygen atoms in total. The molecule has 3 fully saturated rings. The molecule has 0 spiro atoms. The molecule has 1 heteroatoms. The molecule has 3 aliphatic rings. The van der Waals surface area contributed by atoms with Gasteiger partial charge in [0.15, 0.2) is 0 Å². The number of rotatable bonds is 3. The average molecular weight is 263 g/mol. The van der Waals surface area contributed by atoms with Crippen LogP contribution in [0.4, 0.5) is 0 Å². The van der Waals surface area contributed by atoms with Gasteiger partial charge in [0.05, 0.1) is 0 Å². The normalized spacial score (nSPS) is 48.6. The average Bonchev–Trinajstić information content (AvgIpc) is 2.69. The zero-order valence-corrected chi connectivity index (χ0v) is 13.5. The summed E-state index contributed by atoms with van der Waals surface area (Å²) in [7, 11) is 0. The van der Waals surface area contributed by atoms with Gasteiger partial charge in [-0.05, 0) is 67.2 Å². The SMILES string of the molecule is CC1CCCC(CNC2CC3CCC2(C)C3(C)C)C1. The van der Waals surface area contributed by atoms with Gasteiger partial charge in [-0.25, -0.2) is 0 Å². The zero-order chi connectivity index (χ0) is 13.7. The van der Waals surface area contributed by atoms with E-state index in [2.05, 4.69) is 33.0 Å². The summed E-state index contributed by atoms with van der Waals surface area (Å²) in [6.45, 7) is 11.3. The van der Waals surface area contributed by atoms with Crippen LogP contribution in [-0.2, 0) is 0 Å². The molecular weight excluding hydrogens is 230 g/mol. The maximum absolute atomic E-state index is 4.00. The first kappa shape index (κ1) is 13.9. The van der Waals surface area contributed by atoms with Crippen molar-refractivity contribution < 1.29 is 0 Å². The van der Waals surface area contributed by atoms with E-state index in [9.17, 15) is 0 Å². The lowest BCUT2D eigenvalue weighted by Gasteiger charge is -2.40. The van der Waals surface area contributed by atoms with Crippen LogP contribution in [0, 0.1) is 28.6 Å². The Kier molecular flexibility index (Phi) is 3.48. The van der Waals surface area contributed by atoms with Gasteiger partial charge in [0.25, 0.3) is 0 Å². The molecule has 5 unspecified atom stereocenters. The molecule has 3 aliphatic carbocycles. The molecule has 0 aromatic carbocycles. The molecular formula is C18H33N. The van der Waals surface area contributed by atoms with Gasteiger partial charge in [-0.1, -0.05) is 40.5 Å². The minimum absolute atomic E-state index is 0.554. The third-order valence-corrected chi connectivity index (χ3v) is 7.49. The summed E-state index contributed by atoms with van der Waals surface area (Å²) in [5, 5.41) is 4.00. The second-order valence-electron chi connectivity index (χ2n) is 8.71. The molecule has 0 saturated heterocycles. The predicted molar refractivity (Wildman–Crippen MR) is 82.1 cm³/mol. The predicted octanol–water partition coefficient (Wildman–Crippen LogP) is 4.62. The van der Waals surface area contributed by atoms with E-state index in [0.29, 0.717) is 10.8 Å². The summed E-state index contributed by atoms with van der Waals surface area (Å²) >= 11 is 0. The van der Waals surface area contributed by atoms with E-state index in [1.165, 1.54) is 51.5 Å². The van der Waals surface area contributed by atoms with Crippen molar-refractivity contribution in [2.24, 2.45) is 28.6 Å². The second kappa shape index (κ2) is 4.76. The van der Waals surface area contributed by atoms with Crippen LogP contribution in [0.15, 0.2) is 0 Å². The van der Waals surface area contributed by atoms with Gasteiger partial charge < -0.3 is 5.32 Å². The smallest absolute Gasteiger partial charge is 0.0129 e. The number of hydrogen-bond acceptors (Lipinski definition) is 1. The summed E-state index contributed by atoms with van der Waals surface area (Å²) in [5.41, 5.74) is 1.11. The topological polar surface area (TPSA) is 12.0 Å². The Morgan fingerprint density at radius 3 is 2.42 bits per heavy atom. The Bertz CT molecular complexity index is 335. The molecule has 0 aromatic rings. The van der Waals surface area contributed by atoms with Crippen molar-refractivity contribution in [1.29, 1.82) is 0 Å². The Morgan fingerprint density at radius 2 is 1.84 bits per heavy atom. The molecule has 0 aromatic heterocycles. The van der Waals surface area contributed by atoms with Crippen LogP contribution in [0.1, 0.15) is 72.6 Å². The van der Waals surface area contributed by atoms with Crippen LogP contribution in [0.5, 0.6) is 0 Å². The third-order valence-electron chi connectivity index (χ3n) is 7.49. The largest absolute Gasteiger partial charge is 0.313 e. The van der Waals surface area contributed by atoms with Crippen LogP contribution >= 0.6 is 0 Å². The highest BCUT2D eigenvalue weighted by molar-refractivity contribution is 5.13. The van der Waals surface area contributed by atoms with E-state index >= 15 is 0 Å². The van der Waals surface area contributed by atoms with Crippen molar-refractivity contribution in [2.45, 2.75) is 78.7 Å². The van der Waals surface area contributed by atoms with E-state index in [1.54, 1.807) is 0 Å². The van der Waals surface area contributed by atoms with Gasteiger partial charge in [-0.15, -0.1) is 0 Å². The molecule has 5 atom stereocenters. The highest BCUT2D eigenvalue weighted by Crippen LogP contribution is 2.65.